The zero-order chi connectivity index (χ0) is 18.8. The van der Waals surface area contributed by atoms with Crippen molar-refractivity contribution in [1.29, 1.82) is 0 Å². The molecule has 0 aliphatic rings. The van der Waals surface area contributed by atoms with Gasteiger partial charge in [-0.1, -0.05) is 40.2 Å². The molecule has 26 heavy (non-hydrogen) atoms. The second-order valence-corrected chi connectivity index (χ2v) is 6.35. The van der Waals surface area contributed by atoms with E-state index in [2.05, 4.69) is 21.2 Å². The Morgan fingerprint density at radius 2 is 1.92 bits per heavy atom. The van der Waals surface area contributed by atoms with Crippen LogP contribution < -0.4 is 10.1 Å². The molecule has 0 spiro atoms. The number of hydrogen-bond acceptors (Lipinski definition) is 4. The molecule has 0 aliphatic carbocycles. The number of carbonyl (C=O) groups is 1. The van der Waals surface area contributed by atoms with Gasteiger partial charge in [0.15, 0.2) is 0 Å². The lowest BCUT2D eigenvalue weighted by atomic mass is 10.1. The summed E-state index contributed by atoms with van der Waals surface area (Å²) < 4.78 is 11.5. The molecule has 0 heterocycles. The van der Waals surface area contributed by atoms with E-state index in [4.69, 9.17) is 14.6 Å². The first-order chi connectivity index (χ1) is 12.6. The molecule has 6 heteroatoms. The summed E-state index contributed by atoms with van der Waals surface area (Å²) in [5.41, 5.74) is 2.41. The Hall–Kier alpha value is -2.15. The molecule has 0 unspecified atom stereocenters. The summed E-state index contributed by atoms with van der Waals surface area (Å²) in [6, 6.07) is 13.2. The first-order valence-corrected chi connectivity index (χ1v) is 9.02. The van der Waals surface area contributed by atoms with Gasteiger partial charge in [-0.25, -0.2) is 0 Å². The minimum atomic E-state index is -0.182. The summed E-state index contributed by atoms with van der Waals surface area (Å²) in [5, 5.41) is 11.4. The van der Waals surface area contributed by atoms with Gasteiger partial charge in [-0.15, -0.1) is 0 Å². The number of hydrogen-bond donors (Lipinski definition) is 2. The molecule has 138 valence electrons. The third-order valence-electron chi connectivity index (χ3n) is 3.58. The fourth-order valence-electron chi connectivity index (χ4n) is 2.27. The topological polar surface area (TPSA) is 67.8 Å². The van der Waals surface area contributed by atoms with Gasteiger partial charge in [0.2, 0.25) is 0 Å². The maximum Gasteiger partial charge on any atom is 0.251 e. The van der Waals surface area contributed by atoms with Crippen molar-refractivity contribution >= 4 is 34.0 Å². The summed E-state index contributed by atoms with van der Waals surface area (Å²) >= 11 is 3.41. The van der Waals surface area contributed by atoms with E-state index in [-0.39, 0.29) is 19.1 Å². The Bertz CT molecular complexity index is 744. The molecule has 0 bridgehead atoms. The van der Waals surface area contributed by atoms with Crippen LogP contribution in [0.4, 0.5) is 0 Å². The Morgan fingerprint density at radius 1 is 1.15 bits per heavy atom. The van der Waals surface area contributed by atoms with Gasteiger partial charge in [0.05, 0.1) is 26.9 Å². The highest BCUT2D eigenvalue weighted by atomic mass is 79.9. The zero-order valence-electron chi connectivity index (χ0n) is 14.6. The van der Waals surface area contributed by atoms with Crippen LogP contribution in [0.2, 0.25) is 0 Å². The molecule has 0 fully saturated rings. The molecule has 0 aliphatic heterocycles. The van der Waals surface area contributed by atoms with E-state index in [1.54, 1.807) is 25.3 Å². The monoisotopic (exact) mass is 419 g/mol. The van der Waals surface area contributed by atoms with Crippen molar-refractivity contribution in [3.8, 4) is 5.75 Å². The van der Waals surface area contributed by atoms with Crippen molar-refractivity contribution < 1.29 is 19.4 Å². The summed E-state index contributed by atoms with van der Waals surface area (Å²) in [7, 11) is 1.60. The smallest absolute Gasteiger partial charge is 0.251 e. The van der Waals surface area contributed by atoms with Crippen molar-refractivity contribution in [3.63, 3.8) is 0 Å². The number of nitrogens with one attached hydrogen (secondary N) is 1. The lowest BCUT2D eigenvalue weighted by Gasteiger charge is -2.09. The number of methoxy groups -OCH3 is 1. The molecular weight excluding hydrogens is 398 g/mol. The van der Waals surface area contributed by atoms with Gasteiger partial charge in [0.25, 0.3) is 5.91 Å². The molecule has 0 radical (unpaired) electrons. The van der Waals surface area contributed by atoms with Crippen LogP contribution in [0.25, 0.3) is 12.2 Å². The highest BCUT2D eigenvalue weighted by molar-refractivity contribution is 9.10. The second-order valence-electron chi connectivity index (χ2n) is 5.43. The predicted molar refractivity (Wildman–Crippen MR) is 106 cm³/mol. The first-order valence-electron chi connectivity index (χ1n) is 8.22. The second kappa shape index (κ2) is 10.8. The highest BCUT2D eigenvalue weighted by Gasteiger charge is 2.08. The SMILES string of the molecule is COc1ccc(C(=O)NCCOCCO)cc1/C=C/c1ccc(Br)cc1. The van der Waals surface area contributed by atoms with E-state index in [1.165, 1.54) is 0 Å². The summed E-state index contributed by atoms with van der Waals surface area (Å²) in [4.78, 5) is 12.3. The van der Waals surface area contributed by atoms with E-state index in [0.29, 0.717) is 24.5 Å². The van der Waals surface area contributed by atoms with Gasteiger partial charge in [-0.3, -0.25) is 4.79 Å². The van der Waals surface area contributed by atoms with Gasteiger partial charge >= 0.3 is 0 Å². The van der Waals surface area contributed by atoms with Crippen LogP contribution in [0.3, 0.4) is 0 Å². The van der Waals surface area contributed by atoms with Crippen LogP contribution in [0, 0.1) is 0 Å². The van der Waals surface area contributed by atoms with Gasteiger partial charge in [-0.05, 0) is 35.9 Å². The van der Waals surface area contributed by atoms with Crippen molar-refractivity contribution in [1.82, 2.24) is 5.32 Å². The van der Waals surface area contributed by atoms with Crippen LogP contribution in [0.5, 0.6) is 5.75 Å². The lowest BCUT2D eigenvalue weighted by Crippen LogP contribution is -2.27. The first kappa shape index (κ1) is 20.2. The summed E-state index contributed by atoms with van der Waals surface area (Å²) in [6.45, 7) is 0.984. The molecule has 1 amide bonds. The number of aliphatic hydroxyl groups excluding tert-OH is 1. The standard InChI is InChI=1S/C20H22BrNO4/c1-25-19-9-6-17(20(24)22-10-12-26-13-11-23)14-16(19)5-2-15-3-7-18(21)8-4-15/h2-9,14,23H,10-13H2,1H3,(H,22,24)/b5-2+. The molecule has 2 aromatic carbocycles. The molecule has 2 rings (SSSR count). The largest absolute Gasteiger partial charge is 0.496 e. The third-order valence-corrected chi connectivity index (χ3v) is 4.11. The van der Waals surface area contributed by atoms with Crippen LogP contribution in [-0.4, -0.2) is 44.5 Å². The van der Waals surface area contributed by atoms with E-state index in [1.807, 2.05) is 36.4 Å². The normalized spacial score (nSPS) is 10.9. The van der Waals surface area contributed by atoms with Crippen molar-refractivity contribution in [2.24, 2.45) is 0 Å². The van der Waals surface area contributed by atoms with Crippen LogP contribution in [-0.2, 0) is 4.74 Å². The Morgan fingerprint density at radius 3 is 2.62 bits per heavy atom. The molecular formula is C20H22BrNO4. The van der Waals surface area contributed by atoms with Gasteiger partial charge < -0.3 is 19.9 Å². The minimum absolute atomic E-state index is 0.0273. The average Bonchev–Trinajstić information content (AvgIpc) is 2.67. The van der Waals surface area contributed by atoms with E-state index in [0.717, 1.165) is 15.6 Å². The molecule has 0 saturated heterocycles. The molecule has 0 atom stereocenters. The van der Waals surface area contributed by atoms with E-state index >= 15 is 0 Å². The van der Waals surface area contributed by atoms with Gasteiger partial charge in [0, 0.05) is 22.1 Å². The Balaban J connectivity index is 2.07. The van der Waals surface area contributed by atoms with Gasteiger partial charge in [0.1, 0.15) is 5.75 Å². The predicted octanol–water partition coefficient (Wildman–Crippen LogP) is 3.37. The molecule has 2 N–H and O–H groups in total. The summed E-state index contributed by atoms with van der Waals surface area (Å²) in [6.07, 6.45) is 3.89. The molecule has 0 saturated carbocycles. The number of benzene rings is 2. The number of carbonyl (C=O) groups excluding carboxylic acids is 1. The zero-order valence-corrected chi connectivity index (χ0v) is 16.2. The molecule has 0 aromatic heterocycles. The Kier molecular flexibility index (Phi) is 8.34. The van der Waals surface area contributed by atoms with Crippen LogP contribution in [0.15, 0.2) is 46.9 Å². The number of ether oxygens (including phenoxy) is 2. The fraction of sp³-hybridized carbons (Fsp3) is 0.250. The quantitative estimate of drug-likeness (QED) is 0.482. The van der Waals surface area contributed by atoms with Crippen molar-refractivity contribution in [2.75, 3.05) is 33.5 Å². The summed E-state index contributed by atoms with van der Waals surface area (Å²) in [5.74, 6) is 0.514. The van der Waals surface area contributed by atoms with E-state index in [9.17, 15) is 4.79 Å². The number of rotatable bonds is 9. The maximum atomic E-state index is 12.3. The van der Waals surface area contributed by atoms with Crippen molar-refractivity contribution in [2.45, 2.75) is 0 Å². The molecule has 2 aromatic rings. The van der Waals surface area contributed by atoms with Crippen molar-refractivity contribution in [3.05, 3.63) is 63.6 Å². The minimum Gasteiger partial charge on any atom is -0.496 e. The van der Waals surface area contributed by atoms with Crippen LogP contribution >= 0.6 is 15.9 Å². The molecule has 5 nitrogen and oxygen atoms in total. The Labute approximate surface area is 161 Å². The fourth-order valence-corrected chi connectivity index (χ4v) is 2.54. The lowest BCUT2D eigenvalue weighted by molar-refractivity contribution is 0.0838. The number of amides is 1. The van der Waals surface area contributed by atoms with Gasteiger partial charge in [-0.2, -0.15) is 0 Å². The average molecular weight is 420 g/mol. The maximum absolute atomic E-state index is 12.3. The third kappa shape index (κ3) is 6.29. The highest BCUT2D eigenvalue weighted by Crippen LogP contribution is 2.23. The number of halogens is 1. The van der Waals surface area contributed by atoms with E-state index < -0.39 is 0 Å². The number of aliphatic hydroxyl groups is 1. The van der Waals surface area contributed by atoms with Crippen LogP contribution in [0.1, 0.15) is 21.5 Å².